The first-order chi connectivity index (χ1) is 13.9. The molecule has 1 aromatic rings. The summed E-state index contributed by atoms with van der Waals surface area (Å²) in [6.45, 7) is 3.92. The molecule has 1 rings (SSSR count). The first kappa shape index (κ1) is 25.3. The van der Waals surface area contributed by atoms with Crippen LogP contribution in [0.4, 0.5) is 4.79 Å². The van der Waals surface area contributed by atoms with Gasteiger partial charge in [0.2, 0.25) is 0 Å². The minimum atomic E-state index is -3.87. The van der Waals surface area contributed by atoms with Crippen molar-refractivity contribution in [2.24, 2.45) is 11.8 Å². The van der Waals surface area contributed by atoms with Gasteiger partial charge in [-0.25, -0.2) is 4.79 Å². The Labute approximate surface area is 177 Å². The van der Waals surface area contributed by atoms with Crippen molar-refractivity contribution in [2.75, 3.05) is 26.9 Å². The van der Waals surface area contributed by atoms with E-state index in [0.717, 1.165) is 6.26 Å². The number of nitrogens with zero attached hydrogens (tertiary/aromatic N) is 2. The maximum atomic E-state index is 12.0. The van der Waals surface area contributed by atoms with Gasteiger partial charge in [-0.1, -0.05) is 13.8 Å². The molecule has 2 amide bonds. The van der Waals surface area contributed by atoms with Crippen LogP contribution in [-0.4, -0.2) is 58.2 Å². The van der Waals surface area contributed by atoms with Crippen molar-refractivity contribution in [1.29, 1.82) is 0 Å². The first-order valence-corrected chi connectivity index (χ1v) is 11.2. The molecule has 0 spiro atoms. The number of amides is 2. The number of ether oxygens (including phenoxy) is 1. The predicted octanol–water partition coefficient (Wildman–Crippen LogP) is 0.915. The summed E-state index contributed by atoms with van der Waals surface area (Å²) in [7, 11) is -0.591. The molecule has 0 aromatic carbocycles. The van der Waals surface area contributed by atoms with Crippen LogP contribution in [0.15, 0.2) is 24.5 Å². The predicted molar refractivity (Wildman–Crippen MR) is 108 cm³/mol. The summed E-state index contributed by atoms with van der Waals surface area (Å²) >= 11 is 0. The molecule has 11 heteroatoms. The number of hydrogen-bond acceptors (Lipinski definition) is 7. The van der Waals surface area contributed by atoms with Gasteiger partial charge in [0.1, 0.15) is 5.56 Å². The van der Waals surface area contributed by atoms with Crippen molar-refractivity contribution in [1.82, 2.24) is 10.2 Å². The molecule has 0 aliphatic rings. The van der Waals surface area contributed by atoms with Gasteiger partial charge in [0.25, 0.3) is 12.6 Å². The fourth-order valence-electron chi connectivity index (χ4n) is 2.74. The zero-order valence-corrected chi connectivity index (χ0v) is 18.8. The molecule has 0 fully saturated rings. The summed E-state index contributed by atoms with van der Waals surface area (Å²) in [5, 5.41) is 2.58. The minimum Gasteiger partial charge on any atom is -0.388 e. The van der Waals surface area contributed by atoms with E-state index in [2.05, 4.69) is 9.50 Å². The molecule has 168 valence electrons. The van der Waals surface area contributed by atoms with E-state index in [-0.39, 0.29) is 37.4 Å². The van der Waals surface area contributed by atoms with Crippen molar-refractivity contribution in [3.05, 3.63) is 30.1 Å². The van der Waals surface area contributed by atoms with Gasteiger partial charge in [0, 0.05) is 26.7 Å². The molecule has 1 atom stereocenters. The van der Waals surface area contributed by atoms with Crippen LogP contribution in [0.5, 0.6) is 0 Å². The number of rotatable bonds is 10. The van der Waals surface area contributed by atoms with Crippen molar-refractivity contribution in [3.63, 3.8) is 0 Å². The summed E-state index contributed by atoms with van der Waals surface area (Å²) in [6, 6.07) is 3.33. The number of alkyl carbamates (subject to hydrolysis) is 1. The highest BCUT2D eigenvalue weighted by Gasteiger charge is 2.21. The quantitative estimate of drug-likeness (QED) is 0.420. The Morgan fingerprint density at radius 3 is 2.47 bits per heavy atom. The molecule has 30 heavy (non-hydrogen) atoms. The van der Waals surface area contributed by atoms with Crippen LogP contribution in [0.25, 0.3) is 0 Å². The third-order valence-electron chi connectivity index (χ3n) is 3.90. The highest BCUT2D eigenvalue weighted by molar-refractivity contribution is 7.86. The average molecular weight is 445 g/mol. The van der Waals surface area contributed by atoms with Crippen LogP contribution in [0.2, 0.25) is 0 Å². The summed E-state index contributed by atoms with van der Waals surface area (Å²) < 4.78 is 33.2. The van der Waals surface area contributed by atoms with Gasteiger partial charge in [0.05, 0.1) is 12.7 Å². The Balaban J connectivity index is 2.58. The standard InChI is InChI=1S/C19H29N3O7S/c1-14(2)9-15(10-17(23)29-30(5,26)27)11-20-19(25)28-13-22-8-6-7-16(12-22)18(24)21(3)4/h6-8,12,14-15H,9-11,13H2,1-5H3/p+1/t15-/m0/s1. The van der Waals surface area contributed by atoms with Crippen LogP contribution in [0.3, 0.4) is 0 Å². The Hall–Kier alpha value is -2.69. The minimum absolute atomic E-state index is 0.106. The normalized spacial score (nSPS) is 12.2. The van der Waals surface area contributed by atoms with Gasteiger partial charge in [-0.05, 0) is 24.3 Å². The number of aromatic nitrogens is 1. The number of hydrogen-bond donors (Lipinski definition) is 1. The van der Waals surface area contributed by atoms with Crippen molar-refractivity contribution >= 4 is 28.1 Å². The molecule has 0 aliphatic carbocycles. The average Bonchev–Trinajstić information content (AvgIpc) is 2.61. The van der Waals surface area contributed by atoms with E-state index in [9.17, 15) is 22.8 Å². The maximum absolute atomic E-state index is 12.0. The van der Waals surface area contributed by atoms with E-state index in [1.54, 1.807) is 43.2 Å². The van der Waals surface area contributed by atoms with Gasteiger partial charge in [-0.15, -0.1) is 0 Å². The fourth-order valence-corrected chi connectivity index (χ4v) is 3.15. The molecule has 0 bridgehead atoms. The number of carbonyl (C=O) groups is 3. The highest BCUT2D eigenvalue weighted by atomic mass is 32.2. The van der Waals surface area contributed by atoms with E-state index in [4.69, 9.17) is 4.74 Å². The smallest absolute Gasteiger partial charge is 0.388 e. The number of nitrogens with one attached hydrogen (secondary N) is 1. The number of pyridine rings is 1. The lowest BCUT2D eigenvalue weighted by Crippen LogP contribution is -2.40. The van der Waals surface area contributed by atoms with Crippen LogP contribution in [-0.2, 0) is 30.6 Å². The van der Waals surface area contributed by atoms with E-state index in [1.165, 1.54) is 4.90 Å². The third-order valence-corrected chi connectivity index (χ3v) is 4.38. The number of carbonyl (C=O) groups excluding carboxylic acids is 3. The van der Waals surface area contributed by atoms with Crippen LogP contribution in [0.1, 0.15) is 37.0 Å². The summed E-state index contributed by atoms with van der Waals surface area (Å²) in [4.78, 5) is 37.2. The van der Waals surface area contributed by atoms with E-state index < -0.39 is 22.2 Å². The molecule has 0 radical (unpaired) electrons. The molecule has 0 aliphatic heterocycles. The van der Waals surface area contributed by atoms with Crippen molar-refractivity contribution in [3.8, 4) is 0 Å². The topological polar surface area (TPSA) is 123 Å². The molecule has 0 saturated carbocycles. The van der Waals surface area contributed by atoms with Gasteiger partial charge >= 0.3 is 22.2 Å². The van der Waals surface area contributed by atoms with E-state index >= 15 is 0 Å². The largest absolute Gasteiger partial charge is 0.412 e. The summed E-state index contributed by atoms with van der Waals surface area (Å²) in [5.74, 6) is -1.12. The molecular formula is C19H30N3O7S+. The lowest BCUT2D eigenvalue weighted by molar-refractivity contribution is -0.727. The van der Waals surface area contributed by atoms with Crippen molar-refractivity contribution < 1.29 is 36.3 Å². The molecule has 1 heterocycles. The van der Waals surface area contributed by atoms with Gasteiger partial charge in [0.15, 0.2) is 12.4 Å². The SMILES string of the molecule is CC(C)C[C@H](CNC(=O)OC[n+]1cccc(C(=O)N(C)C)c1)CC(=O)OS(C)(=O)=O. The van der Waals surface area contributed by atoms with Gasteiger partial charge in [-0.2, -0.15) is 13.0 Å². The Bertz CT molecular complexity index is 853. The molecule has 1 N–H and O–H groups in total. The lowest BCUT2D eigenvalue weighted by Gasteiger charge is -2.18. The first-order valence-electron chi connectivity index (χ1n) is 9.41. The maximum Gasteiger partial charge on any atom is 0.412 e. The Morgan fingerprint density at radius 2 is 1.90 bits per heavy atom. The lowest BCUT2D eigenvalue weighted by atomic mass is 9.94. The van der Waals surface area contributed by atoms with Crippen LogP contribution in [0, 0.1) is 11.8 Å². The van der Waals surface area contributed by atoms with E-state index in [0.29, 0.717) is 12.0 Å². The van der Waals surface area contributed by atoms with Gasteiger partial charge < -0.3 is 19.1 Å². The Morgan fingerprint density at radius 1 is 1.23 bits per heavy atom. The summed E-state index contributed by atoms with van der Waals surface area (Å²) in [6.07, 6.45) is 3.77. The van der Waals surface area contributed by atoms with Crippen molar-refractivity contribution in [2.45, 2.75) is 33.4 Å². The molecule has 1 aromatic heterocycles. The molecule has 0 unspecified atom stereocenters. The third kappa shape index (κ3) is 10.2. The second-order valence-electron chi connectivity index (χ2n) is 7.61. The zero-order valence-electron chi connectivity index (χ0n) is 18.0. The second-order valence-corrected chi connectivity index (χ2v) is 9.18. The molecular weight excluding hydrogens is 414 g/mol. The van der Waals surface area contributed by atoms with E-state index in [1.807, 2.05) is 13.8 Å². The van der Waals surface area contributed by atoms with Gasteiger partial charge in [-0.3, -0.25) is 9.59 Å². The molecule has 10 nitrogen and oxygen atoms in total. The summed E-state index contributed by atoms with van der Waals surface area (Å²) in [5.41, 5.74) is 0.452. The Kier molecular flexibility index (Phi) is 9.70. The second kappa shape index (κ2) is 11.5. The highest BCUT2D eigenvalue weighted by Crippen LogP contribution is 2.16. The monoisotopic (exact) mass is 444 g/mol. The molecule has 0 saturated heterocycles. The zero-order chi connectivity index (χ0) is 22.9. The van der Waals surface area contributed by atoms with Crippen LogP contribution < -0.4 is 9.88 Å². The fraction of sp³-hybridized carbons (Fsp3) is 0.579. The van der Waals surface area contributed by atoms with Crippen LogP contribution >= 0.6 is 0 Å².